The summed E-state index contributed by atoms with van der Waals surface area (Å²) < 4.78 is 5.27. The number of aliphatic hydroxyl groups is 1. The number of hydrogen-bond donors (Lipinski definition) is 2. The molecule has 0 radical (unpaired) electrons. The van der Waals surface area contributed by atoms with Crippen molar-refractivity contribution in [1.82, 2.24) is 5.32 Å². The minimum atomic E-state index is -0.240. The summed E-state index contributed by atoms with van der Waals surface area (Å²) >= 11 is 0. The van der Waals surface area contributed by atoms with Crippen LogP contribution in [0.4, 0.5) is 0 Å². The normalized spacial score (nSPS) is 41.8. The van der Waals surface area contributed by atoms with Gasteiger partial charge in [-0.25, -0.2) is 0 Å². The number of rotatable bonds is 1. The van der Waals surface area contributed by atoms with Gasteiger partial charge in [-0.2, -0.15) is 0 Å². The molecule has 2 heterocycles. The zero-order valence-corrected chi connectivity index (χ0v) is 8.04. The van der Waals surface area contributed by atoms with Gasteiger partial charge in [0.1, 0.15) is 0 Å². The van der Waals surface area contributed by atoms with Gasteiger partial charge in [-0.1, -0.05) is 12.8 Å². The summed E-state index contributed by atoms with van der Waals surface area (Å²) in [4.78, 5) is 0. The molecule has 3 unspecified atom stereocenters. The van der Waals surface area contributed by atoms with Gasteiger partial charge < -0.3 is 15.2 Å². The maximum absolute atomic E-state index is 9.67. The van der Waals surface area contributed by atoms with E-state index < -0.39 is 0 Å². The van der Waals surface area contributed by atoms with E-state index in [-0.39, 0.29) is 6.10 Å². The Kier molecular flexibility index (Phi) is 3.19. The lowest BCUT2D eigenvalue weighted by Gasteiger charge is -2.24. The number of aliphatic hydroxyl groups excluding tert-OH is 1. The van der Waals surface area contributed by atoms with Crippen LogP contribution in [0.15, 0.2) is 0 Å². The highest BCUT2D eigenvalue weighted by atomic mass is 16.5. The van der Waals surface area contributed by atoms with E-state index in [1.165, 1.54) is 25.7 Å². The van der Waals surface area contributed by atoms with Crippen LogP contribution in [0, 0.1) is 5.92 Å². The average molecular weight is 185 g/mol. The molecular weight excluding hydrogens is 166 g/mol. The SMILES string of the molecule is OC1COCC1C1CCCCCN1. The Morgan fingerprint density at radius 2 is 2.08 bits per heavy atom. The zero-order valence-electron chi connectivity index (χ0n) is 8.04. The van der Waals surface area contributed by atoms with Gasteiger partial charge in [0.2, 0.25) is 0 Å². The highest BCUT2D eigenvalue weighted by Crippen LogP contribution is 2.22. The molecule has 76 valence electrons. The van der Waals surface area contributed by atoms with Gasteiger partial charge in [0.15, 0.2) is 0 Å². The Bertz CT molecular complexity index is 155. The van der Waals surface area contributed by atoms with Crippen LogP contribution in [0.5, 0.6) is 0 Å². The molecule has 2 N–H and O–H groups in total. The van der Waals surface area contributed by atoms with Gasteiger partial charge in [0.05, 0.1) is 19.3 Å². The Hall–Kier alpha value is -0.120. The van der Waals surface area contributed by atoms with Crippen molar-refractivity contribution in [3.05, 3.63) is 0 Å². The molecule has 3 nitrogen and oxygen atoms in total. The Labute approximate surface area is 79.5 Å². The van der Waals surface area contributed by atoms with Crippen molar-refractivity contribution in [3.8, 4) is 0 Å². The van der Waals surface area contributed by atoms with E-state index in [0.717, 1.165) is 13.2 Å². The van der Waals surface area contributed by atoms with Crippen molar-refractivity contribution < 1.29 is 9.84 Å². The minimum Gasteiger partial charge on any atom is -0.390 e. The molecule has 0 aromatic rings. The Morgan fingerprint density at radius 3 is 2.85 bits per heavy atom. The van der Waals surface area contributed by atoms with Crippen molar-refractivity contribution in [1.29, 1.82) is 0 Å². The lowest BCUT2D eigenvalue weighted by molar-refractivity contribution is 0.109. The quantitative estimate of drug-likeness (QED) is 0.626. The molecule has 0 amide bonds. The first-order valence-corrected chi connectivity index (χ1v) is 5.37. The fraction of sp³-hybridized carbons (Fsp3) is 1.00. The number of hydrogen-bond acceptors (Lipinski definition) is 3. The van der Waals surface area contributed by atoms with Crippen molar-refractivity contribution in [3.63, 3.8) is 0 Å². The van der Waals surface area contributed by atoms with E-state index in [1.807, 2.05) is 0 Å². The fourth-order valence-corrected chi connectivity index (χ4v) is 2.36. The van der Waals surface area contributed by atoms with Crippen molar-refractivity contribution in [2.45, 2.75) is 37.8 Å². The third kappa shape index (κ3) is 2.22. The molecular formula is C10H19NO2. The van der Waals surface area contributed by atoms with Crippen LogP contribution in [0.1, 0.15) is 25.7 Å². The van der Waals surface area contributed by atoms with E-state index in [0.29, 0.717) is 18.6 Å². The minimum absolute atomic E-state index is 0.240. The molecule has 13 heavy (non-hydrogen) atoms. The molecule has 0 bridgehead atoms. The third-order valence-electron chi connectivity index (χ3n) is 3.21. The smallest absolute Gasteiger partial charge is 0.0838 e. The van der Waals surface area contributed by atoms with E-state index >= 15 is 0 Å². The third-order valence-corrected chi connectivity index (χ3v) is 3.21. The lowest BCUT2D eigenvalue weighted by atomic mass is 9.93. The summed E-state index contributed by atoms with van der Waals surface area (Å²) in [5.74, 6) is 0.332. The van der Waals surface area contributed by atoms with Gasteiger partial charge in [0, 0.05) is 12.0 Å². The predicted molar refractivity (Wildman–Crippen MR) is 50.6 cm³/mol. The fourth-order valence-electron chi connectivity index (χ4n) is 2.36. The summed E-state index contributed by atoms with van der Waals surface area (Å²) in [6.45, 7) is 2.37. The number of ether oxygens (including phenoxy) is 1. The van der Waals surface area contributed by atoms with Gasteiger partial charge in [-0.05, 0) is 19.4 Å². The standard InChI is InChI=1S/C10H19NO2/c12-10-7-13-6-8(10)9-4-2-1-3-5-11-9/h8-12H,1-7H2. The van der Waals surface area contributed by atoms with Gasteiger partial charge in [-0.15, -0.1) is 0 Å². The summed E-state index contributed by atoms with van der Waals surface area (Å²) in [7, 11) is 0. The maximum Gasteiger partial charge on any atom is 0.0838 e. The zero-order chi connectivity index (χ0) is 9.10. The van der Waals surface area contributed by atoms with E-state index in [9.17, 15) is 5.11 Å². The molecule has 2 saturated heterocycles. The summed E-state index contributed by atoms with van der Waals surface area (Å²) in [6.07, 6.45) is 4.86. The molecule has 2 rings (SSSR count). The largest absolute Gasteiger partial charge is 0.390 e. The monoisotopic (exact) mass is 185 g/mol. The van der Waals surface area contributed by atoms with Crippen LogP contribution in [0.3, 0.4) is 0 Å². The van der Waals surface area contributed by atoms with Crippen LogP contribution < -0.4 is 5.32 Å². The van der Waals surface area contributed by atoms with Gasteiger partial charge >= 0.3 is 0 Å². The molecule has 3 atom stereocenters. The molecule has 2 aliphatic heterocycles. The topological polar surface area (TPSA) is 41.5 Å². The summed E-state index contributed by atoms with van der Waals surface area (Å²) in [5.41, 5.74) is 0. The van der Waals surface area contributed by atoms with Crippen LogP contribution in [0.2, 0.25) is 0 Å². The predicted octanol–water partition coefficient (Wildman–Crippen LogP) is 0.526. The van der Waals surface area contributed by atoms with E-state index in [1.54, 1.807) is 0 Å². The maximum atomic E-state index is 9.67. The lowest BCUT2D eigenvalue weighted by Crippen LogP contribution is -2.40. The molecule has 0 saturated carbocycles. The van der Waals surface area contributed by atoms with Crippen molar-refractivity contribution in [2.75, 3.05) is 19.8 Å². The molecule has 2 fully saturated rings. The second-order valence-corrected chi connectivity index (χ2v) is 4.18. The second kappa shape index (κ2) is 4.40. The highest BCUT2D eigenvalue weighted by molar-refractivity contribution is 4.86. The van der Waals surface area contributed by atoms with Gasteiger partial charge in [0.25, 0.3) is 0 Å². The molecule has 3 heteroatoms. The molecule has 0 aliphatic carbocycles. The molecule has 0 aromatic heterocycles. The molecule has 0 spiro atoms. The van der Waals surface area contributed by atoms with E-state index in [4.69, 9.17) is 4.74 Å². The summed E-state index contributed by atoms with van der Waals surface area (Å²) in [5, 5.41) is 13.2. The van der Waals surface area contributed by atoms with Crippen molar-refractivity contribution in [2.24, 2.45) is 5.92 Å². The van der Waals surface area contributed by atoms with Crippen LogP contribution >= 0.6 is 0 Å². The first-order chi connectivity index (χ1) is 6.38. The Balaban J connectivity index is 1.89. The van der Waals surface area contributed by atoms with Crippen LogP contribution in [0.25, 0.3) is 0 Å². The van der Waals surface area contributed by atoms with Crippen molar-refractivity contribution >= 4 is 0 Å². The second-order valence-electron chi connectivity index (χ2n) is 4.18. The first-order valence-electron chi connectivity index (χ1n) is 5.37. The van der Waals surface area contributed by atoms with Gasteiger partial charge in [-0.3, -0.25) is 0 Å². The molecule has 2 aliphatic rings. The van der Waals surface area contributed by atoms with Crippen LogP contribution in [-0.4, -0.2) is 37.0 Å². The van der Waals surface area contributed by atoms with Crippen LogP contribution in [-0.2, 0) is 4.74 Å². The highest BCUT2D eigenvalue weighted by Gasteiger charge is 2.33. The average Bonchev–Trinajstić information content (AvgIpc) is 2.43. The molecule has 0 aromatic carbocycles. The summed E-state index contributed by atoms with van der Waals surface area (Å²) in [6, 6.07) is 0.486. The Morgan fingerprint density at radius 1 is 1.15 bits per heavy atom. The first kappa shape index (κ1) is 9.44. The number of nitrogens with one attached hydrogen (secondary N) is 1. The van der Waals surface area contributed by atoms with E-state index in [2.05, 4.69) is 5.32 Å².